The quantitative estimate of drug-likeness (QED) is 0.730. The largest absolute Gasteiger partial charge is 0.366 e. The lowest BCUT2D eigenvalue weighted by Crippen LogP contribution is -2.17. The van der Waals surface area contributed by atoms with Crippen molar-refractivity contribution >= 4 is 29.0 Å². The van der Waals surface area contributed by atoms with E-state index in [9.17, 15) is 4.79 Å². The molecule has 0 spiro atoms. The Balaban J connectivity index is 2.36. The molecule has 0 bridgehead atoms. The minimum absolute atomic E-state index is 0.128. The Bertz CT molecular complexity index is 594. The molecule has 0 aliphatic carbocycles. The molecule has 104 valence electrons. The van der Waals surface area contributed by atoms with Crippen LogP contribution in [-0.2, 0) is 4.74 Å². The van der Waals surface area contributed by atoms with E-state index < -0.39 is 6.10 Å². The molecule has 0 fully saturated rings. The Hall–Kier alpha value is -1.35. The molecule has 0 aliphatic rings. The fourth-order valence-electron chi connectivity index (χ4n) is 1.93. The summed E-state index contributed by atoms with van der Waals surface area (Å²) in [6.07, 6.45) is -0.699. The molecule has 0 heterocycles. The number of hydrogen-bond acceptors (Lipinski definition) is 2. The van der Waals surface area contributed by atoms with Gasteiger partial charge in [-0.3, -0.25) is 4.79 Å². The number of rotatable bonds is 5. The molecule has 0 saturated carbocycles. The summed E-state index contributed by atoms with van der Waals surface area (Å²) in [5.41, 5.74) is 1.23. The number of halogens is 2. The Kier molecular flexibility index (Phi) is 5.18. The fraction of sp³-hybridized carbons (Fsp3) is 0.188. The molecule has 0 amide bonds. The third kappa shape index (κ3) is 3.40. The van der Waals surface area contributed by atoms with E-state index in [0.717, 1.165) is 0 Å². The molecule has 0 N–H and O–H groups in total. The van der Waals surface area contributed by atoms with E-state index in [0.29, 0.717) is 27.8 Å². The van der Waals surface area contributed by atoms with E-state index in [-0.39, 0.29) is 5.78 Å². The van der Waals surface area contributed by atoms with Gasteiger partial charge in [-0.05, 0) is 37.3 Å². The average Bonchev–Trinajstić information content (AvgIpc) is 2.46. The van der Waals surface area contributed by atoms with E-state index in [4.69, 9.17) is 27.9 Å². The fourth-order valence-corrected chi connectivity index (χ4v) is 2.29. The average molecular weight is 309 g/mol. The molecule has 0 aromatic heterocycles. The van der Waals surface area contributed by atoms with E-state index in [1.165, 1.54) is 0 Å². The minimum atomic E-state index is -0.699. The van der Waals surface area contributed by atoms with Crippen molar-refractivity contribution in [3.63, 3.8) is 0 Å². The first-order chi connectivity index (χ1) is 9.63. The number of carbonyl (C=O) groups is 1. The zero-order valence-corrected chi connectivity index (χ0v) is 12.5. The standard InChI is InChI=1S/C16H14Cl2O2/c1-2-20-16(13-5-3-4-6-14(13)18)15(19)11-7-9-12(17)10-8-11/h3-10,16H,2H2,1H3. The van der Waals surface area contributed by atoms with Crippen molar-refractivity contribution in [1.82, 2.24) is 0 Å². The van der Waals surface area contributed by atoms with Gasteiger partial charge in [0.15, 0.2) is 5.78 Å². The number of carbonyl (C=O) groups excluding carboxylic acids is 1. The third-order valence-corrected chi connectivity index (χ3v) is 3.48. The van der Waals surface area contributed by atoms with Gasteiger partial charge in [0.05, 0.1) is 0 Å². The summed E-state index contributed by atoms with van der Waals surface area (Å²) in [5, 5.41) is 1.11. The molecular weight excluding hydrogens is 295 g/mol. The summed E-state index contributed by atoms with van der Waals surface area (Å²) in [6.45, 7) is 2.27. The molecule has 0 saturated heterocycles. The van der Waals surface area contributed by atoms with Crippen LogP contribution in [0.2, 0.25) is 10.0 Å². The highest BCUT2D eigenvalue weighted by molar-refractivity contribution is 6.32. The number of hydrogen-bond donors (Lipinski definition) is 0. The first-order valence-corrected chi connectivity index (χ1v) is 7.05. The van der Waals surface area contributed by atoms with Gasteiger partial charge < -0.3 is 4.74 Å². The molecular formula is C16H14Cl2O2. The van der Waals surface area contributed by atoms with Crippen LogP contribution in [0.5, 0.6) is 0 Å². The molecule has 2 rings (SSSR count). The molecule has 20 heavy (non-hydrogen) atoms. The van der Waals surface area contributed by atoms with Crippen molar-refractivity contribution in [2.45, 2.75) is 13.0 Å². The molecule has 1 atom stereocenters. The van der Waals surface area contributed by atoms with E-state index in [1.807, 2.05) is 19.1 Å². The highest BCUT2D eigenvalue weighted by Gasteiger charge is 2.24. The maximum Gasteiger partial charge on any atom is 0.196 e. The predicted octanol–water partition coefficient (Wildman–Crippen LogP) is 4.95. The minimum Gasteiger partial charge on any atom is -0.366 e. The molecule has 0 aliphatic heterocycles. The summed E-state index contributed by atoms with van der Waals surface area (Å²) in [4.78, 5) is 12.6. The molecule has 2 aromatic rings. The van der Waals surface area contributed by atoms with Gasteiger partial charge in [-0.25, -0.2) is 0 Å². The molecule has 0 radical (unpaired) electrons. The zero-order chi connectivity index (χ0) is 14.5. The van der Waals surface area contributed by atoms with Crippen molar-refractivity contribution < 1.29 is 9.53 Å². The second kappa shape index (κ2) is 6.89. The normalized spacial score (nSPS) is 12.2. The van der Waals surface area contributed by atoms with Gasteiger partial charge in [0, 0.05) is 27.8 Å². The first kappa shape index (κ1) is 15.0. The Morgan fingerprint density at radius 1 is 1.10 bits per heavy atom. The first-order valence-electron chi connectivity index (χ1n) is 6.29. The Labute approximate surface area is 128 Å². The SMILES string of the molecule is CCOC(C(=O)c1ccc(Cl)cc1)c1ccccc1Cl. The number of ketones is 1. The molecule has 2 nitrogen and oxygen atoms in total. The van der Waals surface area contributed by atoms with Crippen LogP contribution in [0, 0.1) is 0 Å². The summed E-state index contributed by atoms with van der Waals surface area (Å²) in [7, 11) is 0. The highest BCUT2D eigenvalue weighted by atomic mass is 35.5. The smallest absolute Gasteiger partial charge is 0.196 e. The number of Topliss-reactive ketones (excluding diaryl/α,β-unsaturated/α-hetero) is 1. The molecule has 2 aromatic carbocycles. The van der Waals surface area contributed by atoms with Gasteiger partial charge in [0.2, 0.25) is 0 Å². The second-order valence-corrected chi connectivity index (χ2v) is 5.07. The third-order valence-electron chi connectivity index (χ3n) is 2.89. The maximum absolute atomic E-state index is 12.6. The Morgan fingerprint density at radius 3 is 2.35 bits per heavy atom. The van der Waals surface area contributed by atoms with Gasteiger partial charge in [0.1, 0.15) is 6.10 Å². The van der Waals surface area contributed by atoms with Crippen molar-refractivity contribution in [3.8, 4) is 0 Å². The van der Waals surface area contributed by atoms with E-state index >= 15 is 0 Å². The van der Waals surface area contributed by atoms with Crippen molar-refractivity contribution in [1.29, 1.82) is 0 Å². The van der Waals surface area contributed by atoms with Gasteiger partial charge in [0.25, 0.3) is 0 Å². The van der Waals surface area contributed by atoms with Crippen molar-refractivity contribution in [2.24, 2.45) is 0 Å². The van der Waals surface area contributed by atoms with Crippen LogP contribution in [-0.4, -0.2) is 12.4 Å². The van der Waals surface area contributed by atoms with Crippen LogP contribution in [0.25, 0.3) is 0 Å². The van der Waals surface area contributed by atoms with Crippen LogP contribution in [0.3, 0.4) is 0 Å². The lowest BCUT2D eigenvalue weighted by atomic mass is 10.00. The summed E-state index contributed by atoms with van der Waals surface area (Å²) < 4.78 is 5.59. The summed E-state index contributed by atoms with van der Waals surface area (Å²) in [6, 6.07) is 14.0. The van der Waals surface area contributed by atoms with Crippen molar-refractivity contribution in [2.75, 3.05) is 6.61 Å². The maximum atomic E-state index is 12.6. The topological polar surface area (TPSA) is 26.3 Å². The number of ether oxygens (including phenoxy) is 1. The second-order valence-electron chi connectivity index (χ2n) is 4.23. The lowest BCUT2D eigenvalue weighted by molar-refractivity contribution is 0.0453. The van der Waals surface area contributed by atoms with E-state index in [2.05, 4.69) is 0 Å². The summed E-state index contributed by atoms with van der Waals surface area (Å²) >= 11 is 12.0. The van der Waals surface area contributed by atoms with E-state index in [1.54, 1.807) is 36.4 Å². The zero-order valence-electron chi connectivity index (χ0n) is 11.0. The monoisotopic (exact) mass is 308 g/mol. The summed E-state index contributed by atoms with van der Waals surface area (Å²) in [5.74, 6) is -0.128. The van der Waals surface area contributed by atoms with Crippen LogP contribution in [0.1, 0.15) is 28.9 Å². The van der Waals surface area contributed by atoms with Crippen LogP contribution in [0.4, 0.5) is 0 Å². The van der Waals surface area contributed by atoms with Crippen LogP contribution < -0.4 is 0 Å². The Morgan fingerprint density at radius 2 is 1.75 bits per heavy atom. The lowest BCUT2D eigenvalue weighted by Gasteiger charge is -2.17. The number of benzene rings is 2. The molecule has 4 heteroatoms. The van der Waals surface area contributed by atoms with Crippen molar-refractivity contribution in [3.05, 3.63) is 69.7 Å². The predicted molar refractivity (Wildman–Crippen MR) is 81.6 cm³/mol. The highest BCUT2D eigenvalue weighted by Crippen LogP contribution is 2.28. The van der Waals surface area contributed by atoms with Gasteiger partial charge in [-0.1, -0.05) is 41.4 Å². The van der Waals surface area contributed by atoms with Crippen LogP contribution in [0.15, 0.2) is 48.5 Å². The van der Waals surface area contributed by atoms with Gasteiger partial charge in [-0.15, -0.1) is 0 Å². The molecule has 1 unspecified atom stereocenters. The van der Waals surface area contributed by atoms with Gasteiger partial charge >= 0.3 is 0 Å². The van der Waals surface area contributed by atoms with Crippen LogP contribution >= 0.6 is 23.2 Å². The van der Waals surface area contributed by atoms with Gasteiger partial charge in [-0.2, -0.15) is 0 Å².